The van der Waals surface area contributed by atoms with Crippen LogP contribution >= 0.6 is 23.4 Å². The van der Waals surface area contributed by atoms with E-state index in [0.717, 1.165) is 22.4 Å². The fourth-order valence-electron chi connectivity index (χ4n) is 3.75. The number of ether oxygens (including phenoxy) is 2. The van der Waals surface area contributed by atoms with Crippen molar-refractivity contribution in [1.82, 2.24) is 4.98 Å². The van der Waals surface area contributed by atoms with Crippen LogP contribution in [-0.2, 0) is 4.79 Å². The van der Waals surface area contributed by atoms with Crippen molar-refractivity contribution < 1.29 is 14.3 Å². The van der Waals surface area contributed by atoms with E-state index >= 15 is 0 Å². The van der Waals surface area contributed by atoms with Crippen LogP contribution in [0, 0.1) is 11.3 Å². The van der Waals surface area contributed by atoms with E-state index in [0.29, 0.717) is 38.6 Å². The van der Waals surface area contributed by atoms with Gasteiger partial charge in [0.25, 0.3) is 0 Å². The number of nitriles is 1. The number of thioether (sulfide) groups is 1. The zero-order valence-electron chi connectivity index (χ0n) is 20.3. The molecule has 37 heavy (non-hydrogen) atoms. The molecule has 0 aliphatic carbocycles. The van der Waals surface area contributed by atoms with E-state index in [1.807, 2.05) is 66.7 Å². The molecule has 0 atom stereocenters. The van der Waals surface area contributed by atoms with Crippen LogP contribution in [0.1, 0.15) is 12.0 Å². The summed E-state index contributed by atoms with van der Waals surface area (Å²) in [6, 6.07) is 27.1. The van der Waals surface area contributed by atoms with Crippen LogP contribution in [-0.4, -0.2) is 30.9 Å². The summed E-state index contributed by atoms with van der Waals surface area (Å²) >= 11 is 7.59. The molecule has 1 aromatic heterocycles. The molecule has 186 valence electrons. The predicted octanol–water partition coefficient (Wildman–Crippen LogP) is 7.08. The van der Waals surface area contributed by atoms with Gasteiger partial charge in [-0.15, -0.1) is 11.8 Å². The smallest absolute Gasteiger partial charge is 0.225 e. The van der Waals surface area contributed by atoms with Crippen molar-refractivity contribution >= 4 is 35.0 Å². The average molecular weight is 530 g/mol. The first-order valence-corrected chi connectivity index (χ1v) is 12.8. The first-order chi connectivity index (χ1) is 18.0. The number of hydrogen-bond donors (Lipinski definition) is 1. The molecule has 4 rings (SSSR count). The van der Waals surface area contributed by atoms with Crippen LogP contribution in [0.15, 0.2) is 83.9 Å². The molecule has 0 saturated heterocycles. The van der Waals surface area contributed by atoms with Gasteiger partial charge >= 0.3 is 0 Å². The van der Waals surface area contributed by atoms with Gasteiger partial charge in [0.2, 0.25) is 5.91 Å². The van der Waals surface area contributed by atoms with Crippen molar-refractivity contribution in [2.24, 2.45) is 0 Å². The third-order valence-corrected chi connectivity index (χ3v) is 6.84. The van der Waals surface area contributed by atoms with Gasteiger partial charge in [-0.05, 0) is 17.7 Å². The molecular weight excluding hydrogens is 506 g/mol. The highest BCUT2D eigenvalue weighted by atomic mass is 35.5. The Morgan fingerprint density at radius 3 is 2.24 bits per heavy atom. The Morgan fingerprint density at radius 1 is 0.973 bits per heavy atom. The number of aromatic nitrogens is 1. The number of benzene rings is 3. The summed E-state index contributed by atoms with van der Waals surface area (Å²) in [5.74, 6) is 1.10. The molecule has 0 aliphatic heterocycles. The maximum absolute atomic E-state index is 12.7. The van der Waals surface area contributed by atoms with Crippen molar-refractivity contribution in [3.63, 3.8) is 0 Å². The van der Waals surface area contributed by atoms with Gasteiger partial charge in [0.1, 0.15) is 22.6 Å². The van der Waals surface area contributed by atoms with Gasteiger partial charge in [-0.1, -0.05) is 72.3 Å². The number of halogens is 1. The summed E-state index contributed by atoms with van der Waals surface area (Å²) in [7, 11) is 3.02. The zero-order chi connectivity index (χ0) is 26.2. The Kier molecular flexibility index (Phi) is 8.68. The highest BCUT2D eigenvalue weighted by molar-refractivity contribution is 7.99. The van der Waals surface area contributed by atoms with E-state index < -0.39 is 0 Å². The van der Waals surface area contributed by atoms with Gasteiger partial charge in [0.05, 0.1) is 36.2 Å². The average Bonchev–Trinajstić information content (AvgIpc) is 2.93. The molecule has 0 aliphatic rings. The minimum Gasteiger partial charge on any atom is -0.495 e. The number of amides is 1. The van der Waals surface area contributed by atoms with E-state index in [-0.39, 0.29) is 12.3 Å². The summed E-state index contributed by atoms with van der Waals surface area (Å²) in [4.78, 5) is 17.5. The normalized spacial score (nSPS) is 10.4. The minimum absolute atomic E-state index is 0.195. The maximum Gasteiger partial charge on any atom is 0.225 e. The van der Waals surface area contributed by atoms with Crippen LogP contribution in [0.4, 0.5) is 5.69 Å². The molecule has 1 heterocycles. The van der Waals surface area contributed by atoms with Gasteiger partial charge in [0.15, 0.2) is 0 Å². The Hall–Kier alpha value is -3.99. The number of nitrogens with zero attached hydrogens (tertiary/aromatic N) is 2. The lowest BCUT2D eigenvalue weighted by Crippen LogP contribution is -2.13. The number of hydrogen-bond acceptors (Lipinski definition) is 6. The van der Waals surface area contributed by atoms with Crippen LogP contribution in [0.25, 0.3) is 22.4 Å². The SMILES string of the molecule is COc1cc(OC)c(NC(=O)CCSc2nc(-c3ccccc3)cc(-c3ccccc3)c2C#N)cc1Cl. The maximum atomic E-state index is 12.7. The summed E-state index contributed by atoms with van der Waals surface area (Å²) in [6.45, 7) is 0. The molecule has 0 unspecified atom stereocenters. The van der Waals surface area contributed by atoms with Crippen LogP contribution in [0.3, 0.4) is 0 Å². The van der Waals surface area contributed by atoms with E-state index in [2.05, 4.69) is 11.4 Å². The molecule has 1 N–H and O–H groups in total. The first-order valence-electron chi connectivity index (χ1n) is 11.4. The number of anilines is 1. The van der Waals surface area contributed by atoms with E-state index in [4.69, 9.17) is 26.1 Å². The van der Waals surface area contributed by atoms with Crippen molar-refractivity contribution in [2.75, 3.05) is 25.3 Å². The number of carbonyl (C=O) groups is 1. The van der Waals surface area contributed by atoms with Gasteiger partial charge < -0.3 is 14.8 Å². The van der Waals surface area contributed by atoms with Crippen molar-refractivity contribution in [3.8, 4) is 40.0 Å². The lowest BCUT2D eigenvalue weighted by Gasteiger charge is -2.14. The van der Waals surface area contributed by atoms with Crippen molar-refractivity contribution in [3.05, 3.63) is 89.4 Å². The Balaban J connectivity index is 1.56. The molecule has 3 aromatic carbocycles. The first kappa shape index (κ1) is 26.1. The quantitative estimate of drug-likeness (QED) is 0.233. The fourth-order valence-corrected chi connectivity index (χ4v) is 4.93. The highest BCUT2D eigenvalue weighted by Crippen LogP contribution is 2.37. The van der Waals surface area contributed by atoms with E-state index in [9.17, 15) is 10.1 Å². The Bertz CT molecular complexity index is 1440. The van der Waals surface area contributed by atoms with Crippen LogP contribution < -0.4 is 14.8 Å². The molecule has 1 amide bonds. The predicted molar refractivity (Wildman–Crippen MR) is 148 cm³/mol. The molecule has 0 spiro atoms. The van der Waals surface area contributed by atoms with Crippen molar-refractivity contribution in [2.45, 2.75) is 11.4 Å². The van der Waals surface area contributed by atoms with Gasteiger partial charge in [-0.3, -0.25) is 4.79 Å². The third kappa shape index (κ3) is 6.23. The highest BCUT2D eigenvalue weighted by Gasteiger charge is 2.17. The molecule has 0 saturated carbocycles. The fraction of sp³-hybridized carbons (Fsp3) is 0.138. The summed E-state index contributed by atoms with van der Waals surface area (Å²) in [6.07, 6.45) is 0.195. The lowest BCUT2D eigenvalue weighted by molar-refractivity contribution is -0.115. The molecular formula is C29H24ClN3O3S. The molecule has 0 radical (unpaired) electrons. The van der Waals surface area contributed by atoms with Crippen LogP contribution in [0.5, 0.6) is 11.5 Å². The van der Waals surface area contributed by atoms with Gasteiger partial charge in [0, 0.05) is 29.4 Å². The Morgan fingerprint density at radius 2 is 1.62 bits per heavy atom. The molecule has 8 heteroatoms. The monoisotopic (exact) mass is 529 g/mol. The second-order valence-electron chi connectivity index (χ2n) is 7.91. The Labute approximate surface area is 225 Å². The summed E-state index contributed by atoms with van der Waals surface area (Å²) < 4.78 is 10.6. The number of carbonyl (C=O) groups excluding carboxylic acids is 1. The van der Waals surface area contributed by atoms with Crippen molar-refractivity contribution in [1.29, 1.82) is 5.26 Å². The standard InChI is InChI=1S/C29H24ClN3O3S/c1-35-26-17-27(36-2)25(16-23(26)30)32-28(34)13-14-37-29-22(18-31)21(19-9-5-3-6-10-19)15-24(33-29)20-11-7-4-8-12-20/h3-12,15-17H,13-14H2,1-2H3,(H,32,34). The molecule has 0 bridgehead atoms. The lowest BCUT2D eigenvalue weighted by atomic mass is 9.99. The number of nitrogens with one attached hydrogen (secondary N) is 1. The number of pyridine rings is 1. The molecule has 0 fully saturated rings. The minimum atomic E-state index is -0.215. The van der Waals surface area contributed by atoms with Crippen LogP contribution in [0.2, 0.25) is 5.02 Å². The topological polar surface area (TPSA) is 84.2 Å². The van der Waals surface area contributed by atoms with Gasteiger partial charge in [-0.2, -0.15) is 5.26 Å². The third-order valence-electron chi connectivity index (χ3n) is 5.57. The molecule has 4 aromatic rings. The summed E-state index contributed by atoms with van der Waals surface area (Å²) in [5.41, 5.74) is 4.40. The summed E-state index contributed by atoms with van der Waals surface area (Å²) in [5, 5.41) is 13.8. The molecule has 6 nitrogen and oxygen atoms in total. The van der Waals surface area contributed by atoms with E-state index in [1.54, 1.807) is 12.1 Å². The second-order valence-corrected chi connectivity index (χ2v) is 9.40. The van der Waals surface area contributed by atoms with E-state index in [1.165, 1.54) is 26.0 Å². The number of methoxy groups -OCH3 is 2. The zero-order valence-corrected chi connectivity index (χ0v) is 21.9. The largest absolute Gasteiger partial charge is 0.495 e. The second kappa shape index (κ2) is 12.3. The van der Waals surface area contributed by atoms with Gasteiger partial charge in [-0.25, -0.2) is 4.98 Å². The number of rotatable bonds is 9.